The Morgan fingerprint density at radius 2 is 2.06 bits per heavy atom. The van der Waals surface area contributed by atoms with E-state index in [4.69, 9.17) is 14.6 Å². The molecule has 2 aromatic heterocycles. The summed E-state index contributed by atoms with van der Waals surface area (Å²) in [6.07, 6.45) is 1.06. The highest BCUT2D eigenvalue weighted by Gasteiger charge is 2.31. The zero-order valence-electron chi connectivity index (χ0n) is 19.2. The van der Waals surface area contributed by atoms with Crippen LogP contribution >= 0.6 is 11.3 Å². The van der Waals surface area contributed by atoms with Crippen molar-refractivity contribution in [2.24, 2.45) is 0 Å². The molecule has 0 atom stereocenters. The number of carbonyl (C=O) groups is 2. The molecular formula is C21H32N4O4SSi. The molecule has 1 amide bonds. The molecule has 0 aromatic carbocycles. The zero-order valence-corrected chi connectivity index (χ0v) is 21.0. The molecule has 2 aromatic rings. The highest BCUT2D eigenvalue weighted by molar-refractivity contribution is 7.11. The third-order valence-electron chi connectivity index (χ3n) is 4.86. The van der Waals surface area contributed by atoms with E-state index < -0.39 is 13.7 Å². The maximum Gasteiger partial charge on any atom is 0.410 e. The van der Waals surface area contributed by atoms with Gasteiger partial charge in [-0.1, -0.05) is 19.6 Å². The van der Waals surface area contributed by atoms with E-state index in [1.54, 1.807) is 4.90 Å². The van der Waals surface area contributed by atoms with Crippen LogP contribution in [-0.4, -0.2) is 58.9 Å². The number of aldehydes is 1. The van der Waals surface area contributed by atoms with Gasteiger partial charge in [-0.15, -0.1) is 11.3 Å². The zero-order chi connectivity index (χ0) is 22.8. The molecule has 1 aliphatic rings. The summed E-state index contributed by atoms with van der Waals surface area (Å²) < 4.78 is 13.4. The first-order valence-electron chi connectivity index (χ1n) is 10.5. The number of hydrogen-bond acceptors (Lipinski definition) is 7. The van der Waals surface area contributed by atoms with E-state index in [-0.39, 0.29) is 6.09 Å². The van der Waals surface area contributed by atoms with Gasteiger partial charge in [0.05, 0.1) is 6.54 Å². The van der Waals surface area contributed by atoms with Crippen molar-refractivity contribution in [1.29, 1.82) is 0 Å². The Hall–Kier alpha value is -2.04. The second-order valence-electron chi connectivity index (χ2n) is 9.96. The average molecular weight is 465 g/mol. The molecule has 0 N–H and O–H groups in total. The molecule has 0 spiro atoms. The van der Waals surface area contributed by atoms with Crippen molar-refractivity contribution in [2.45, 2.75) is 71.8 Å². The fourth-order valence-corrected chi connectivity index (χ4v) is 4.63. The first-order valence-corrected chi connectivity index (χ1v) is 15.1. The quantitative estimate of drug-likeness (QED) is 0.342. The first-order chi connectivity index (χ1) is 14.5. The van der Waals surface area contributed by atoms with Crippen molar-refractivity contribution in [3.8, 4) is 11.4 Å². The minimum Gasteiger partial charge on any atom is -0.444 e. The largest absolute Gasteiger partial charge is 0.444 e. The molecule has 0 radical (unpaired) electrons. The molecule has 0 unspecified atom stereocenters. The predicted molar refractivity (Wildman–Crippen MR) is 123 cm³/mol. The van der Waals surface area contributed by atoms with Crippen LogP contribution in [0.15, 0.2) is 5.38 Å². The van der Waals surface area contributed by atoms with Crippen molar-refractivity contribution in [2.75, 3.05) is 13.2 Å². The molecule has 3 heterocycles. The topological polar surface area (TPSA) is 86.5 Å². The number of aromatic nitrogens is 3. The number of nitrogens with zero attached hydrogens (tertiary/aromatic N) is 4. The molecule has 0 saturated carbocycles. The summed E-state index contributed by atoms with van der Waals surface area (Å²) in [7, 11) is -1.17. The fourth-order valence-electron chi connectivity index (χ4n) is 3.27. The van der Waals surface area contributed by atoms with Crippen LogP contribution in [0.1, 0.15) is 41.8 Å². The van der Waals surface area contributed by atoms with Crippen molar-refractivity contribution < 1.29 is 19.1 Å². The third kappa shape index (κ3) is 6.24. The maximum absolute atomic E-state index is 12.6. The number of carbonyl (C=O) groups excluding carboxylic acids is 2. The van der Waals surface area contributed by atoms with E-state index in [0.29, 0.717) is 49.2 Å². The number of hydrogen-bond donors (Lipinski definition) is 0. The van der Waals surface area contributed by atoms with Gasteiger partial charge in [0.25, 0.3) is 0 Å². The summed E-state index contributed by atoms with van der Waals surface area (Å²) >= 11 is 1.28. The SMILES string of the molecule is CC(C)(C)OC(=O)N1CCc2c(c(-c3csc(C=O)n3)nn2COCC[Si](C)(C)C)C1. The van der Waals surface area contributed by atoms with Gasteiger partial charge in [-0.05, 0) is 26.8 Å². The third-order valence-corrected chi connectivity index (χ3v) is 7.34. The Morgan fingerprint density at radius 1 is 1.32 bits per heavy atom. The number of amides is 1. The van der Waals surface area contributed by atoms with Gasteiger partial charge in [-0.3, -0.25) is 4.79 Å². The second-order valence-corrected chi connectivity index (χ2v) is 16.5. The van der Waals surface area contributed by atoms with Gasteiger partial charge in [0.2, 0.25) is 0 Å². The van der Waals surface area contributed by atoms with Crippen LogP contribution in [0.5, 0.6) is 0 Å². The van der Waals surface area contributed by atoms with Crippen LogP contribution in [0.3, 0.4) is 0 Å². The van der Waals surface area contributed by atoms with Crippen molar-refractivity contribution >= 4 is 31.8 Å². The highest BCUT2D eigenvalue weighted by Crippen LogP contribution is 2.31. The summed E-state index contributed by atoms with van der Waals surface area (Å²) in [5.41, 5.74) is 2.77. The molecule has 31 heavy (non-hydrogen) atoms. The lowest BCUT2D eigenvalue weighted by Crippen LogP contribution is -2.40. The molecule has 1 aliphatic heterocycles. The van der Waals surface area contributed by atoms with Crippen molar-refractivity contribution in [1.82, 2.24) is 19.7 Å². The van der Waals surface area contributed by atoms with Crippen molar-refractivity contribution in [3.63, 3.8) is 0 Å². The standard InChI is InChI=1S/C21H32N4O4SSi/c1-21(2,3)29-20(27)24-8-7-17-15(11-24)19(16-13-30-18(12-26)22-16)23-25(17)14-28-9-10-31(4,5)6/h12-13H,7-11,14H2,1-6H3. The molecule has 0 aliphatic carbocycles. The summed E-state index contributed by atoms with van der Waals surface area (Å²) in [6, 6.07) is 1.09. The Balaban J connectivity index is 1.84. The van der Waals surface area contributed by atoms with Gasteiger partial charge in [-0.2, -0.15) is 5.10 Å². The second kappa shape index (κ2) is 9.21. The highest BCUT2D eigenvalue weighted by atomic mass is 32.1. The molecule has 8 nitrogen and oxygen atoms in total. The lowest BCUT2D eigenvalue weighted by Gasteiger charge is -2.30. The van der Waals surface area contributed by atoms with E-state index in [2.05, 4.69) is 24.6 Å². The normalized spacial score (nSPS) is 14.5. The number of thiazole rings is 1. The lowest BCUT2D eigenvalue weighted by molar-refractivity contribution is 0.0219. The number of rotatable bonds is 7. The summed E-state index contributed by atoms with van der Waals surface area (Å²) in [5.74, 6) is 0. The molecule has 0 fully saturated rings. The molecule has 0 saturated heterocycles. The molecule has 0 bridgehead atoms. The predicted octanol–water partition coefficient (Wildman–Crippen LogP) is 4.42. The van der Waals surface area contributed by atoms with E-state index in [1.165, 1.54) is 11.3 Å². The molecule has 3 rings (SSSR count). The van der Waals surface area contributed by atoms with E-state index in [1.807, 2.05) is 30.8 Å². The van der Waals surface area contributed by atoms with Crippen molar-refractivity contribution in [3.05, 3.63) is 21.6 Å². The van der Waals surface area contributed by atoms with Gasteiger partial charge in [0, 0.05) is 44.3 Å². The first kappa shape index (κ1) is 23.6. The molecule has 10 heteroatoms. The van der Waals surface area contributed by atoms with Crippen LogP contribution in [0.4, 0.5) is 4.79 Å². The fraction of sp³-hybridized carbons (Fsp3) is 0.619. The number of ether oxygens (including phenoxy) is 2. The van der Waals surface area contributed by atoms with E-state index in [0.717, 1.165) is 23.6 Å². The van der Waals surface area contributed by atoms with Gasteiger partial charge in [0.1, 0.15) is 23.7 Å². The molecule has 170 valence electrons. The van der Waals surface area contributed by atoms with Gasteiger partial charge in [-0.25, -0.2) is 14.5 Å². The Kier molecular flexibility index (Phi) is 7.02. The Bertz CT molecular complexity index is 942. The van der Waals surface area contributed by atoms with Crippen LogP contribution in [0.2, 0.25) is 25.7 Å². The summed E-state index contributed by atoms with van der Waals surface area (Å²) in [6.45, 7) is 14.6. The van der Waals surface area contributed by atoms with Crippen LogP contribution in [-0.2, 0) is 29.2 Å². The maximum atomic E-state index is 12.6. The van der Waals surface area contributed by atoms with Gasteiger partial charge in [0.15, 0.2) is 11.3 Å². The minimum absolute atomic E-state index is 0.338. The van der Waals surface area contributed by atoms with Crippen LogP contribution in [0, 0.1) is 0 Å². The summed E-state index contributed by atoms with van der Waals surface area (Å²) in [4.78, 5) is 29.8. The van der Waals surface area contributed by atoms with Crippen LogP contribution < -0.4 is 0 Å². The summed E-state index contributed by atoms with van der Waals surface area (Å²) in [5, 5.41) is 7.00. The van der Waals surface area contributed by atoms with Gasteiger partial charge >= 0.3 is 6.09 Å². The van der Waals surface area contributed by atoms with E-state index in [9.17, 15) is 9.59 Å². The average Bonchev–Trinajstić information content (AvgIpc) is 3.27. The van der Waals surface area contributed by atoms with Crippen LogP contribution in [0.25, 0.3) is 11.4 Å². The lowest BCUT2D eigenvalue weighted by atomic mass is 10.0. The molecular weight excluding hydrogens is 432 g/mol. The monoisotopic (exact) mass is 464 g/mol. The van der Waals surface area contributed by atoms with E-state index >= 15 is 0 Å². The Labute approximate surface area is 188 Å². The number of fused-ring (bicyclic) bond motifs is 1. The smallest absolute Gasteiger partial charge is 0.410 e. The minimum atomic E-state index is -1.17. The van der Waals surface area contributed by atoms with Gasteiger partial charge < -0.3 is 14.4 Å². The Morgan fingerprint density at radius 3 is 2.68 bits per heavy atom.